The van der Waals surface area contributed by atoms with Gasteiger partial charge in [-0.3, -0.25) is 0 Å². The fraction of sp³-hybridized carbons (Fsp3) is 0.625. The molecule has 0 heteroatoms. The van der Waals surface area contributed by atoms with Crippen LogP contribution in [0, 0.1) is 12.3 Å². The van der Waals surface area contributed by atoms with Crippen molar-refractivity contribution in [2.45, 2.75) is 66.7 Å². The van der Waals surface area contributed by atoms with Crippen LogP contribution in [0.25, 0.3) is 0 Å². The Balaban J connectivity index is -0.000000163. The first-order chi connectivity index (χ1) is 7.72. The van der Waals surface area contributed by atoms with Gasteiger partial charge in [0.15, 0.2) is 0 Å². The normalized spacial score (nSPS) is 11.9. The van der Waals surface area contributed by atoms with Gasteiger partial charge in [0, 0.05) is 0 Å². The van der Waals surface area contributed by atoms with Gasteiger partial charge in [0.1, 0.15) is 0 Å². The fourth-order valence-electron chi connectivity index (χ4n) is 0.999. The second-order valence-electron chi connectivity index (χ2n) is 3.28. The quantitative estimate of drug-likeness (QED) is 0.391. The lowest BCUT2D eigenvalue weighted by Gasteiger charge is -2.05. The summed E-state index contributed by atoms with van der Waals surface area (Å²) in [5.74, 6) is 2.25. The molecule has 0 heterocycles. The van der Waals surface area contributed by atoms with Crippen molar-refractivity contribution in [3.8, 4) is 12.3 Å². The zero-order valence-corrected chi connectivity index (χ0v) is 12.0. The highest BCUT2D eigenvalue weighted by Crippen LogP contribution is 2.15. The summed E-state index contributed by atoms with van der Waals surface area (Å²) in [6, 6.07) is 0. The van der Waals surface area contributed by atoms with Gasteiger partial charge in [-0.05, 0) is 46.0 Å². The number of hydrogen-bond donors (Lipinski definition) is 0. The van der Waals surface area contributed by atoms with Gasteiger partial charge in [-0.15, -0.1) is 18.9 Å². The molecule has 0 spiro atoms. The van der Waals surface area contributed by atoms with Crippen molar-refractivity contribution in [2.75, 3.05) is 0 Å². The minimum absolute atomic E-state index is 1.08. The molecule has 0 aromatic carbocycles. The van der Waals surface area contributed by atoms with Crippen molar-refractivity contribution in [2.24, 2.45) is 0 Å². The maximum absolute atomic E-state index is 4.60. The average molecular weight is 222 g/mol. The summed E-state index contributed by atoms with van der Waals surface area (Å²) < 4.78 is 0. The molecule has 0 aliphatic heterocycles. The second kappa shape index (κ2) is 23.7. The van der Waals surface area contributed by atoms with Crippen molar-refractivity contribution in [1.82, 2.24) is 0 Å². The van der Waals surface area contributed by atoms with E-state index in [9.17, 15) is 0 Å². The van der Waals surface area contributed by atoms with Crippen LogP contribution in [-0.2, 0) is 0 Å². The van der Waals surface area contributed by atoms with E-state index in [1.807, 2.05) is 19.9 Å². The third-order valence-electron chi connectivity index (χ3n) is 1.81. The van der Waals surface area contributed by atoms with Crippen molar-refractivity contribution < 1.29 is 0 Å². The Bertz CT molecular complexity index is 179. The number of terminal acetylenes is 1. The predicted molar refractivity (Wildman–Crippen MR) is 78.6 cm³/mol. The van der Waals surface area contributed by atoms with Crippen LogP contribution in [0.2, 0.25) is 0 Å². The molecule has 1 aliphatic carbocycles. The maximum Gasteiger partial charge on any atom is -0.00297 e. The summed E-state index contributed by atoms with van der Waals surface area (Å²) in [7, 11) is 0. The van der Waals surface area contributed by atoms with Crippen molar-refractivity contribution in [3.63, 3.8) is 0 Å². The van der Waals surface area contributed by atoms with Crippen LogP contribution in [0.3, 0.4) is 0 Å². The Morgan fingerprint density at radius 3 is 2.00 bits per heavy atom. The van der Waals surface area contributed by atoms with Crippen LogP contribution in [0.4, 0.5) is 0 Å². The SMILES string of the molecule is C#CC.C=CCC.CC.CC1=CCCCC1. The molecule has 0 aromatic rings. The van der Waals surface area contributed by atoms with Gasteiger partial charge in [0.2, 0.25) is 0 Å². The summed E-state index contributed by atoms with van der Waals surface area (Å²) in [5.41, 5.74) is 1.59. The van der Waals surface area contributed by atoms with E-state index in [1.165, 1.54) is 25.7 Å². The van der Waals surface area contributed by atoms with Gasteiger partial charge in [-0.2, -0.15) is 0 Å². The minimum atomic E-state index is 1.08. The molecule has 1 rings (SSSR count). The van der Waals surface area contributed by atoms with E-state index < -0.39 is 0 Å². The Hall–Kier alpha value is -0.960. The Labute approximate surface area is 104 Å². The molecule has 0 radical (unpaired) electrons. The van der Waals surface area contributed by atoms with Crippen LogP contribution >= 0.6 is 0 Å². The summed E-state index contributed by atoms with van der Waals surface area (Å²) >= 11 is 0. The molecule has 94 valence electrons. The molecule has 0 aromatic heterocycles. The highest BCUT2D eigenvalue weighted by atomic mass is 14.0. The van der Waals surface area contributed by atoms with Crippen LogP contribution in [-0.4, -0.2) is 0 Å². The van der Waals surface area contributed by atoms with Crippen LogP contribution < -0.4 is 0 Å². The third kappa shape index (κ3) is 29.2. The van der Waals surface area contributed by atoms with Gasteiger partial charge in [0.05, 0.1) is 0 Å². The zero-order valence-electron chi connectivity index (χ0n) is 12.0. The van der Waals surface area contributed by atoms with E-state index in [1.54, 1.807) is 12.5 Å². The lowest BCUT2D eigenvalue weighted by Crippen LogP contribution is -1.85. The van der Waals surface area contributed by atoms with Gasteiger partial charge in [-0.1, -0.05) is 38.5 Å². The molecule has 16 heavy (non-hydrogen) atoms. The number of rotatable bonds is 1. The summed E-state index contributed by atoms with van der Waals surface area (Å²) in [6.07, 6.45) is 15.4. The Morgan fingerprint density at radius 2 is 1.88 bits per heavy atom. The van der Waals surface area contributed by atoms with Gasteiger partial charge >= 0.3 is 0 Å². The Kier molecular flexibility index (Phi) is 30.3. The first-order valence-corrected chi connectivity index (χ1v) is 6.36. The topological polar surface area (TPSA) is 0 Å². The van der Waals surface area contributed by atoms with E-state index in [0.29, 0.717) is 0 Å². The van der Waals surface area contributed by atoms with E-state index in [0.717, 1.165) is 6.42 Å². The number of allylic oxidation sites excluding steroid dienone is 3. The molecule has 0 N–H and O–H groups in total. The molecular formula is C16H30. The maximum atomic E-state index is 4.60. The van der Waals surface area contributed by atoms with Gasteiger partial charge < -0.3 is 0 Å². The molecule has 0 fully saturated rings. The third-order valence-corrected chi connectivity index (χ3v) is 1.81. The molecule has 0 unspecified atom stereocenters. The highest BCUT2D eigenvalue weighted by Gasteiger charge is 1.95. The van der Waals surface area contributed by atoms with E-state index in [2.05, 4.69) is 38.8 Å². The second-order valence-corrected chi connectivity index (χ2v) is 3.28. The predicted octanol–water partition coefficient (Wildman–Crippen LogP) is 5.75. The Morgan fingerprint density at radius 1 is 1.44 bits per heavy atom. The zero-order chi connectivity index (χ0) is 13.2. The van der Waals surface area contributed by atoms with Gasteiger partial charge in [0.25, 0.3) is 0 Å². The molecule has 0 atom stereocenters. The molecule has 0 saturated heterocycles. The molecule has 0 amide bonds. The highest BCUT2D eigenvalue weighted by molar-refractivity contribution is 5.00. The lowest BCUT2D eigenvalue weighted by molar-refractivity contribution is 0.702. The van der Waals surface area contributed by atoms with Crippen molar-refractivity contribution >= 4 is 0 Å². The smallest absolute Gasteiger partial charge is 0.00297 e. The van der Waals surface area contributed by atoms with Crippen molar-refractivity contribution in [3.05, 3.63) is 24.3 Å². The van der Waals surface area contributed by atoms with E-state index in [4.69, 9.17) is 0 Å². The van der Waals surface area contributed by atoms with Gasteiger partial charge in [-0.25, -0.2) is 0 Å². The fourth-order valence-corrected chi connectivity index (χ4v) is 0.999. The van der Waals surface area contributed by atoms with E-state index >= 15 is 0 Å². The summed E-state index contributed by atoms with van der Waals surface area (Å²) in [5, 5.41) is 0. The van der Waals surface area contributed by atoms with Crippen LogP contribution in [0.5, 0.6) is 0 Å². The summed E-state index contributed by atoms with van der Waals surface area (Å²) in [6.45, 7) is 13.4. The lowest BCUT2D eigenvalue weighted by atomic mass is 10.0. The largest absolute Gasteiger partial charge is 0.120 e. The molecule has 0 nitrogen and oxygen atoms in total. The summed E-state index contributed by atoms with van der Waals surface area (Å²) in [4.78, 5) is 0. The minimum Gasteiger partial charge on any atom is -0.120 e. The van der Waals surface area contributed by atoms with Crippen molar-refractivity contribution in [1.29, 1.82) is 0 Å². The van der Waals surface area contributed by atoms with Crippen LogP contribution in [0.1, 0.15) is 66.7 Å². The molecule has 1 aliphatic rings. The van der Waals surface area contributed by atoms with Crippen LogP contribution in [0.15, 0.2) is 24.3 Å². The first-order valence-electron chi connectivity index (χ1n) is 6.36. The molecule has 0 saturated carbocycles. The molecule has 0 bridgehead atoms. The number of hydrogen-bond acceptors (Lipinski definition) is 0. The monoisotopic (exact) mass is 222 g/mol. The molecular weight excluding hydrogens is 192 g/mol. The average Bonchev–Trinajstić information content (AvgIpc) is 2.34. The first kappa shape index (κ1) is 20.5. The van der Waals surface area contributed by atoms with E-state index in [-0.39, 0.29) is 0 Å². The standard InChI is InChI=1S/C7H12.C4H8.C3H4.C2H6/c1-7-5-3-2-4-6-7;1-3-4-2;1-3-2;1-2/h5H,2-4,6H2,1H3;3H,1,4H2,2H3;1H,2H3;1-2H3.